The predicted octanol–water partition coefficient (Wildman–Crippen LogP) is 3.52. The van der Waals surface area contributed by atoms with Gasteiger partial charge in [0.1, 0.15) is 6.61 Å². The van der Waals surface area contributed by atoms with Gasteiger partial charge in [-0.25, -0.2) is 18.7 Å². The maximum absolute atomic E-state index is 14.4. The van der Waals surface area contributed by atoms with Crippen molar-refractivity contribution in [1.29, 1.82) is 0 Å². The van der Waals surface area contributed by atoms with Gasteiger partial charge in [0, 0.05) is 18.8 Å². The Morgan fingerprint density at radius 3 is 2.12 bits per heavy atom. The van der Waals surface area contributed by atoms with Gasteiger partial charge in [-0.1, -0.05) is 0 Å². The minimum atomic E-state index is -0.862. The van der Waals surface area contributed by atoms with Crippen LogP contribution in [-0.4, -0.2) is 40.5 Å². The molecule has 178 valence electrons. The summed E-state index contributed by atoms with van der Waals surface area (Å²) in [6.45, 7) is 0.675. The van der Waals surface area contributed by atoms with Crippen LogP contribution in [0.1, 0.15) is 5.56 Å². The summed E-state index contributed by atoms with van der Waals surface area (Å²) in [6.07, 6.45) is 6.15. The first-order valence-corrected chi connectivity index (χ1v) is 8.59. The van der Waals surface area contributed by atoms with E-state index in [0.717, 1.165) is 6.07 Å². The van der Waals surface area contributed by atoms with Crippen molar-refractivity contribution < 1.29 is 23.0 Å². The van der Waals surface area contributed by atoms with E-state index in [1.165, 1.54) is 26.6 Å². The smallest absolute Gasteiger partial charge is 0.227 e. The van der Waals surface area contributed by atoms with Crippen molar-refractivity contribution in [2.24, 2.45) is 5.73 Å². The van der Waals surface area contributed by atoms with Crippen molar-refractivity contribution in [3.63, 3.8) is 0 Å². The number of nitrogens with zero attached hydrogens (tertiary/aromatic N) is 4. The second kappa shape index (κ2) is 13.7. The Bertz CT molecular complexity index is 951. The molecule has 0 unspecified atom stereocenters. The fraction of sp³-hybridized carbons (Fsp3) is 0.278. The molecule has 2 aromatic heterocycles. The maximum atomic E-state index is 14.4. The van der Waals surface area contributed by atoms with Gasteiger partial charge in [-0.05, 0) is 0 Å². The summed E-state index contributed by atoms with van der Waals surface area (Å²) in [5.41, 5.74) is 5.85. The molecule has 3 N–H and O–H groups in total. The van der Waals surface area contributed by atoms with Crippen molar-refractivity contribution in [3.8, 4) is 17.2 Å². The second-order valence-corrected chi connectivity index (χ2v) is 5.82. The van der Waals surface area contributed by atoms with Gasteiger partial charge in [0.05, 0.1) is 50.6 Å². The first kappa shape index (κ1) is 29.4. The van der Waals surface area contributed by atoms with Gasteiger partial charge in [-0.3, -0.25) is 4.68 Å². The summed E-state index contributed by atoms with van der Waals surface area (Å²) < 4.78 is 45.6. The topological polar surface area (TPSA) is 109 Å². The Balaban J connectivity index is 0.00000320. The Morgan fingerprint density at radius 2 is 1.59 bits per heavy atom. The lowest BCUT2D eigenvalue weighted by molar-refractivity contribution is 0.280. The maximum Gasteiger partial charge on any atom is 0.227 e. The fourth-order valence-electron chi connectivity index (χ4n) is 2.49. The molecule has 0 spiro atoms. The number of benzene rings is 1. The minimum absolute atomic E-state index is 0. The molecule has 0 aliphatic rings. The largest absolute Gasteiger partial charge is 0.494 e. The first-order valence-electron chi connectivity index (χ1n) is 8.59. The monoisotopic (exact) mass is 514 g/mol. The average Bonchev–Trinajstić information content (AvgIpc) is 3.16. The third kappa shape index (κ3) is 6.95. The molecule has 0 saturated heterocycles. The molecule has 3 rings (SSSR count). The van der Waals surface area contributed by atoms with Crippen LogP contribution in [0.5, 0.6) is 17.2 Å². The number of rotatable bonds is 9. The number of nitrogens with one attached hydrogen (secondary N) is 1. The van der Waals surface area contributed by atoms with Crippen LogP contribution in [0.2, 0.25) is 0 Å². The molecule has 32 heavy (non-hydrogen) atoms. The summed E-state index contributed by atoms with van der Waals surface area (Å²) in [5.74, 6) is -1.47. The average molecular weight is 516 g/mol. The Morgan fingerprint density at radius 1 is 1.00 bits per heavy atom. The number of hydrogen-bond acceptors (Lipinski definition) is 8. The number of hydrogen-bond donors (Lipinski definition) is 2. The molecule has 0 radical (unpaired) electrons. The van der Waals surface area contributed by atoms with Crippen molar-refractivity contribution >= 4 is 48.9 Å². The Hall–Kier alpha value is -2.60. The molecule has 0 saturated carbocycles. The SMILES string of the molecule is COc1cc(OC)c(F)c(COc2cnc(Nc3cnn(CCN)c3)nc2)c1F.Cl.Cl.Cl. The first-order chi connectivity index (χ1) is 14.0. The summed E-state index contributed by atoms with van der Waals surface area (Å²) in [4.78, 5) is 8.22. The van der Waals surface area contributed by atoms with Crippen LogP contribution in [0, 0.1) is 11.6 Å². The van der Waals surface area contributed by atoms with Gasteiger partial charge < -0.3 is 25.3 Å². The van der Waals surface area contributed by atoms with Gasteiger partial charge in [0.2, 0.25) is 5.95 Å². The zero-order valence-corrected chi connectivity index (χ0v) is 19.5. The quantitative estimate of drug-likeness (QED) is 0.446. The zero-order chi connectivity index (χ0) is 20.8. The molecular weight excluding hydrogens is 493 g/mol. The van der Waals surface area contributed by atoms with Crippen molar-refractivity contribution in [2.75, 3.05) is 26.1 Å². The highest BCUT2D eigenvalue weighted by Gasteiger charge is 2.20. The van der Waals surface area contributed by atoms with Gasteiger partial charge in [0.15, 0.2) is 28.9 Å². The number of methoxy groups -OCH3 is 2. The van der Waals surface area contributed by atoms with E-state index in [2.05, 4.69) is 20.4 Å². The molecular formula is C18H23Cl3F2N6O3. The highest BCUT2D eigenvalue weighted by atomic mass is 35.5. The van der Waals surface area contributed by atoms with E-state index in [1.807, 2.05) is 0 Å². The molecule has 3 aromatic rings. The molecule has 0 fully saturated rings. The highest BCUT2D eigenvalue weighted by molar-refractivity contribution is 5.86. The molecule has 1 aromatic carbocycles. The van der Waals surface area contributed by atoms with E-state index >= 15 is 0 Å². The van der Waals surface area contributed by atoms with Crippen molar-refractivity contribution in [3.05, 3.63) is 48.1 Å². The molecule has 0 atom stereocenters. The summed E-state index contributed by atoms with van der Waals surface area (Å²) >= 11 is 0. The van der Waals surface area contributed by atoms with Crippen LogP contribution < -0.4 is 25.3 Å². The van der Waals surface area contributed by atoms with E-state index < -0.39 is 18.2 Å². The van der Waals surface area contributed by atoms with Crippen LogP contribution in [-0.2, 0) is 13.2 Å². The fourth-order valence-corrected chi connectivity index (χ4v) is 2.49. The van der Waals surface area contributed by atoms with Gasteiger partial charge in [-0.15, -0.1) is 37.2 Å². The van der Waals surface area contributed by atoms with Gasteiger partial charge in [0.25, 0.3) is 0 Å². The third-order valence-electron chi connectivity index (χ3n) is 3.92. The third-order valence-corrected chi connectivity index (χ3v) is 3.92. The standard InChI is InChI=1S/C18H20F2N6O3.3ClH/c1-27-14-5-15(28-2)17(20)13(16(14)19)10-29-12-7-22-18(23-8-12)25-11-6-24-26(9-11)4-3-21;;;/h5-9H,3-4,10,21H2,1-2H3,(H,22,23,25);3*1H. The van der Waals surface area contributed by atoms with Gasteiger partial charge >= 0.3 is 0 Å². The number of anilines is 2. The van der Waals surface area contributed by atoms with Crippen molar-refractivity contribution in [1.82, 2.24) is 19.7 Å². The lowest BCUT2D eigenvalue weighted by Gasteiger charge is -2.13. The molecule has 9 nitrogen and oxygen atoms in total. The Kier molecular flexibility index (Phi) is 12.6. The summed E-state index contributed by atoms with van der Waals surface area (Å²) in [6, 6.07) is 1.13. The van der Waals surface area contributed by atoms with E-state index in [-0.39, 0.29) is 60.0 Å². The van der Waals surface area contributed by atoms with Crippen LogP contribution in [0.4, 0.5) is 20.4 Å². The lowest BCUT2D eigenvalue weighted by atomic mass is 10.1. The van der Waals surface area contributed by atoms with E-state index in [9.17, 15) is 8.78 Å². The molecule has 2 heterocycles. The number of halogens is 5. The Labute approximate surface area is 201 Å². The molecule has 0 bridgehead atoms. The summed E-state index contributed by atoms with van der Waals surface area (Å²) in [7, 11) is 2.55. The van der Waals surface area contributed by atoms with Crippen LogP contribution in [0.3, 0.4) is 0 Å². The molecule has 14 heteroatoms. The lowest BCUT2D eigenvalue weighted by Crippen LogP contribution is -2.09. The molecule has 0 aliphatic carbocycles. The molecule has 0 amide bonds. The second-order valence-electron chi connectivity index (χ2n) is 5.82. The number of nitrogens with two attached hydrogens (primary N) is 1. The van der Waals surface area contributed by atoms with E-state index in [1.54, 1.807) is 17.1 Å². The van der Waals surface area contributed by atoms with Crippen LogP contribution >= 0.6 is 37.2 Å². The van der Waals surface area contributed by atoms with Crippen molar-refractivity contribution in [2.45, 2.75) is 13.2 Å². The highest BCUT2D eigenvalue weighted by Crippen LogP contribution is 2.31. The molecule has 0 aliphatic heterocycles. The summed E-state index contributed by atoms with van der Waals surface area (Å²) in [5, 5.41) is 7.11. The minimum Gasteiger partial charge on any atom is -0.494 e. The number of ether oxygens (including phenoxy) is 3. The zero-order valence-electron chi connectivity index (χ0n) is 17.1. The van der Waals surface area contributed by atoms with E-state index in [0.29, 0.717) is 24.7 Å². The van der Waals surface area contributed by atoms with Crippen LogP contribution in [0.25, 0.3) is 0 Å². The number of aromatic nitrogens is 4. The van der Waals surface area contributed by atoms with E-state index in [4.69, 9.17) is 19.9 Å². The predicted molar refractivity (Wildman–Crippen MR) is 122 cm³/mol. The van der Waals surface area contributed by atoms with Crippen LogP contribution in [0.15, 0.2) is 30.9 Å². The van der Waals surface area contributed by atoms with Gasteiger partial charge in [-0.2, -0.15) is 5.10 Å². The normalized spacial score (nSPS) is 9.66.